The van der Waals surface area contributed by atoms with Crippen LogP contribution in [0.3, 0.4) is 0 Å². The number of fused-ring (bicyclic) bond motifs is 1. The van der Waals surface area contributed by atoms with E-state index < -0.39 is 6.09 Å². The summed E-state index contributed by atoms with van der Waals surface area (Å²) in [5.74, 6) is 6.80. The molecule has 1 heterocycles. The summed E-state index contributed by atoms with van der Waals surface area (Å²) in [6.45, 7) is 4.82. The van der Waals surface area contributed by atoms with Crippen molar-refractivity contribution in [1.29, 1.82) is 5.26 Å². The van der Waals surface area contributed by atoms with Crippen LogP contribution in [-0.4, -0.2) is 35.2 Å². The molecule has 10 nitrogen and oxygen atoms in total. The van der Waals surface area contributed by atoms with Gasteiger partial charge in [0.25, 0.3) is 0 Å². The molecule has 1 amide bonds. The van der Waals surface area contributed by atoms with Crippen molar-refractivity contribution in [3.8, 4) is 11.8 Å². The minimum atomic E-state index is -0.433. The van der Waals surface area contributed by atoms with E-state index in [9.17, 15) is 10.1 Å². The Balaban J connectivity index is 1.60. The molecule has 1 saturated carbocycles. The van der Waals surface area contributed by atoms with Crippen molar-refractivity contribution < 1.29 is 14.3 Å². The summed E-state index contributed by atoms with van der Waals surface area (Å²) in [6, 6.07) is 8.06. The first kappa shape index (κ1) is 25.1. The average molecular weight is 492 g/mol. The van der Waals surface area contributed by atoms with E-state index in [1.807, 2.05) is 44.2 Å². The minimum Gasteiger partial charge on any atom is -0.493 e. The predicted molar refractivity (Wildman–Crippen MR) is 139 cm³/mol. The van der Waals surface area contributed by atoms with Crippen molar-refractivity contribution in [2.45, 2.75) is 58.2 Å². The van der Waals surface area contributed by atoms with Gasteiger partial charge in [0, 0.05) is 24.4 Å². The molecule has 4 rings (SSSR count). The lowest BCUT2D eigenvalue weighted by Gasteiger charge is -2.20. The second-order valence-corrected chi connectivity index (χ2v) is 9.36. The van der Waals surface area contributed by atoms with Gasteiger partial charge in [0.1, 0.15) is 17.7 Å². The van der Waals surface area contributed by atoms with E-state index in [2.05, 4.69) is 32.7 Å². The largest absolute Gasteiger partial charge is 0.493 e. The molecule has 1 fully saturated rings. The maximum Gasteiger partial charge on any atom is 0.407 e. The van der Waals surface area contributed by atoms with Crippen LogP contribution in [0.15, 0.2) is 41.5 Å². The molecule has 2 aromatic rings. The van der Waals surface area contributed by atoms with Crippen LogP contribution in [0.1, 0.15) is 50.8 Å². The Hall–Kier alpha value is -3.97. The third-order valence-corrected chi connectivity index (χ3v) is 6.14. The maximum atomic E-state index is 12.0. The van der Waals surface area contributed by atoms with Gasteiger partial charge in [-0.25, -0.2) is 16.2 Å². The lowest BCUT2D eigenvalue weighted by atomic mass is 9.98. The lowest BCUT2D eigenvalue weighted by molar-refractivity contribution is 0.114. The number of alkyl carbamates (subject to hydrolysis) is 1. The number of carbonyl (C=O) groups is 1. The Kier molecular flexibility index (Phi) is 7.80. The maximum absolute atomic E-state index is 12.0. The van der Waals surface area contributed by atoms with Crippen LogP contribution in [0.4, 0.5) is 4.79 Å². The number of hydrogen-bond donors (Lipinski definition) is 4. The number of nitrogens with zero attached hydrogens (tertiary/aromatic N) is 3. The SMILES string of the molecule is CC(C)OC(=O)NC1C=CC(c2c(C#N)c3ccc(OCC/C(N)=N/NN)cc3n2CC2CC2)=CC1. The summed E-state index contributed by atoms with van der Waals surface area (Å²) in [6.07, 6.45) is 8.80. The molecule has 6 N–H and O–H groups in total. The van der Waals surface area contributed by atoms with Gasteiger partial charge in [-0.1, -0.05) is 18.2 Å². The van der Waals surface area contributed by atoms with Gasteiger partial charge in [-0.05, 0) is 56.7 Å². The molecule has 36 heavy (non-hydrogen) atoms. The number of amidine groups is 1. The van der Waals surface area contributed by atoms with Gasteiger partial charge in [0.15, 0.2) is 0 Å². The van der Waals surface area contributed by atoms with Crippen molar-refractivity contribution in [3.63, 3.8) is 0 Å². The molecule has 2 aliphatic rings. The van der Waals surface area contributed by atoms with Crippen LogP contribution in [0, 0.1) is 17.2 Å². The van der Waals surface area contributed by atoms with Crippen molar-refractivity contribution in [3.05, 3.63) is 47.7 Å². The van der Waals surface area contributed by atoms with Crippen LogP contribution in [-0.2, 0) is 11.3 Å². The fraction of sp³-hybridized carbons (Fsp3) is 0.423. The summed E-state index contributed by atoms with van der Waals surface area (Å²) in [7, 11) is 0. The number of amides is 1. The summed E-state index contributed by atoms with van der Waals surface area (Å²) in [5.41, 5.74) is 11.4. The number of carbonyl (C=O) groups excluding carboxylic acids is 1. The van der Waals surface area contributed by atoms with E-state index in [0.717, 1.165) is 28.7 Å². The number of hydrogen-bond acceptors (Lipinski definition) is 7. The molecular formula is C26H33N7O3. The number of nitrogens with two attached hydrogens (primary N) is 2. The third-order valence-electron chi connectivity index (χ3n) is 6.14. The molecule has 190 valence electrons. The first-order valence-electron chi connectivity index (χ1n) is 12.2. The lowest BCUT2D eigenvalue weighted by Crippen LogP contribution is -2.35. The highest BCUT2D eigenvalue weighted by Crippen LogP contribution is 2.39. The Bertz CT molecular complexity index is 1250. The highest BCUT2D eigenvalue weighted by atomic mass is 16.6. The van der Waals surface area contributed by atoms with Gasteiger partial charge in [0.2, 0.25) is 0 Å². The zero-order valence-electron chi connectivity index (χ0n) is 20.7. The van der Waals surface area contributed by atoms with Gasteiger partial charge in [-0.3, -0.25) is 0 Å². The van der Waals surface area contributed by atoms with Crippen molar-refractivity contribution in [1.82, 2.24) is 15.4 Å². The van der Waals surface area contributed by atoms with Crippen LogP contribution in [0.25, 0.3) is 16.5 Å². The number of allylic oxidation sites excluding steroid dienone is 2. The molecule has 1 aromatic heterocycles. The van der Waals surface area contributed by atoms with Gasteiger partial charge in [-0.15, -0.1) is 0 Å². The van der Waals surface area contributed by atoms with E-state index in [0.29, 0.717) is 42.5 Å². The number of nitrogens with one attached hydrogen (secondary N) is 2. The molecule has 1 unspecified atom stereocenters. The number of aromatic nitrogens is 1. The second kappa shape index (κ2) is 11.2. The van der Waals surface area contributed by atoms with Crippen molar-refractivity contribution in [2.24, 2.45) is 22.6 Å². The van der Waals surface area contributed by atoms with E-state index in [4.69, 9.17) is 21.1 Å². The van der Waals surface area contributed by atoms with Crippen LogP contribution < -0.4 is 27.2 Å². The van der Waals surface area contributed by atoms with Crippen molar-refractivity contribution >= 4 is 28.4 Å². The van der Waals surface area contributed by atoms with Gasteiger partial charge < -0.3 is 25.1 Å². The smallest absolute Gasteiger partial charge is 0.407 e. The molecular weight excluding hydrogens is 458 g/mol. The van der Waals surface area contributed by atoms with Crippen LogP contribution in [0.2, 0.25) is 0 Å². The Labute approximate surface area is 210 Å². The highest BCUT2D eigenvalue weighted by molar-refractivity contribution is 5.95. The summed E-state index contributed by atoms with van der Waals surface area (Å²) < 4.78 is 13.3. The molecule has 1 atom stereocenters. The summed E-state index contributed by atoms with van der Waals surface area (Å²) in [5, 5.41) is 17.6. The van der Waals surface area contributed by atoms with E-state index in [1.54, 1.807) is 0 Å². The first-order valence-corrected chi connectivity index (χ1v) is 12.2. The number of ether oxygens (including phenoxy) is 2. The van der Waals surface area contributed by atoms with E-state index >= 15 is 0 Å². The molecule has 2 aliphatic carbocycles. The summed E-state index contributed by atoms with van der Waals surface area (Å²) >= 11 is 0. The molecule has 1 aromatic carbocycles. The van der Waals surface area contributed by atoms with E-state index in [-0.39, 0.29) is 12.1 Å². The highest BCUT2D eigenvalue weighted by Gasteiger charge is 2.27. The van der Waals surface area contributed by atoms with Gasteiger partial charge in [-0.2, -0.15) is 10.4 Å². The minimum absolute atomic E-state index is 0.155. The standard InChI is InChI=1S/C26H33N7O3/c1-16(2)36-26(34)30-19-7-5-18(6-8-19)25-22(14-27)21-10-9-20(35-12-11-24(28)31-32-29)13-23(21)33(25)15-17-3-4-17/h5-7,9-10,13,16-17,19,32H,3-4,8,11-12,15,29H2,1-2H3,(H2,28,31)(H,30,34). The van der Waals surface area contributed by atoms with Crippen LogP contribution >= 0.6 is 0 Å². The van der Waals surface area contributed by atoms with E-state index in [1.165, 1.54) is 12.8 Å². The number of hydrazine groups is 1. The molecule has 0 aliphatic heterocycles. The molecule has 0 spiro atoms. The molecule has 0 radical (unpaired) electrons. The average Bonchev–Trinajstić information content (AvgIpc) is 3.61. The first-order chi connectivity index (χ1) is 17.4. The number of hydrazone groups is 1. The third kappa shape index (κ3) is 5.98. The monoisotopic (exact) mass is 491 g/mol. The zero-order valence-corrected chi connectivity index (χ0v) is 20.7. The Morgan fingerprint density at radius 2 is 2.17 bits per heavy atom. The molecule has 0 bridgehead atoms. The Morgan fingerprint density at radius 1 is 1.36 bits per heavy atom. The summed E-state index contributed by atoms with van der Waals surface area (Å²) in [4.78, 5) is 12.0. The molecule has 0 saturated heterocycles. The fourth-order valence-electron chi connectivity index (χ4n) is 4.30. The predicted octanol–water partition coefficient (Wildman–Crippen LogP) is 3.27. The fourth-order valence-corrected chi connectivity index (χ4v) is 4.30. The molecule has 10 heteroatoms. The second-order valence-electron chi connectivity index (χ2n) is 9.36. The van der Waals surface area contributed by atoms with Crippen LogP contribution in [0.5, 0.6) is 5.75 Å². The zero-order chi connectivity index (χ0) is 25.7. The topological polar surface area (TPSA) is 153 Å². The van der Waals surface area contributed by atoms with Gasteiger partial charge in [0.05, 0.1) is 35.5 Å². The number of nitriles is 1. The van der Waals surface area contributed by atoms with Crippen molar-refractivity contribution in [2.75, 3.05) is 6.61 Å². The Morgan fingerprint density at radius 3 is 2.81 bits per heavy atom. The number of benzene rings is 1. The quantitative estimate of drug-likeness (QED) is 0.172. The normalized spacial score (nSPS) is 17.6. The number of rotatable bonds is 10. The van der Waals surface area contributed by atoms with Gasteiger partial charge >= 0.3 is 6.09 Å².